The Morgan fingerprint density at radius 1 is 1.05 bits per heavy atom. The molecule has 1 heterocycles. The van der Waals surface area contributed by atoms with Gasteiger partial charge < -0.3 is 10.8 Å². The molecule has 100 valence electrons. The number of fused-ring (bicyclic) bond motifs is 1. The predicted molar refractivity (Wildman–Crippen MR) is 79.0 cm³/mol. The van der Waals surface area contributed by atoms with Crippen LogP contribution >= 0.6 is 0 Å². The third-order valence-electron chi connectivity index (χ3n) is 3.24. The van der Waals surface area contributed by atoms with E-state index in [-0.39, 0.29) is 6.54 Å². The van der Waals surface area contributed by atoms with Crippen LogP contribution in [0.1, 0.15) is 11.9 Å². The molecule has 0 saturated heterocycles. The van der Waals surface area contributed by atoms with Crippen molar-refractivity contribution in [2.24, 2.45) is 5.73 Å². The summed E-state index contributed by atoms with van der Waals surface area (Å²) in [5, 5.41) is 12.1. The number of hydrogen-bond donors (Lipinski definition) is 2. The minimum Gasteiger partial charge on any atom is -0.384 e. The van der Waals surface area contributed by atoms with E-state index in [0.29, 0.717) is 5.82 Å². The van der Waals surface area contributed by atoms with Gasteiger partial charge in [-0.15, -0.1) is 0 Å². The van der Waals surface area contributed by atoms with Gasteiger partial charge in [0.15, 0.2) is 5.82 Å². The maximum Gasteiger partial charge on any atom is 0.158 e. The monoisotopic (exact) mass is 265 g/mol. The van der Waals surface area contributed by atoms with Crippen LogP contribution in [0.2, 0.25) is 0 Å². The van der Waals surface area contributed by atoms with Crippen LogP contribution in [0.5, 0.6) is 0 Å². The van der Waals surface area contributed by atoms with Crippen LogP contribution in [-0.2, 0) is 0 Å². The summed E-state index contributed by atoms with van der Waals surface area (Å²) < 4.78 is 0. The lowest BCUT2D eigenvalue weighted by molar-refractivity contribution is 0.176. The van der Waals surface area contributed by atoms with E-state index >= 15 is 0 Å². The van der Waals surface area contributed by atoms with Gasteiger partial charge in [0, 0.05) is 18.3 Å². The van der Waals surface area contributed by atoms with Crippen LogP contribution in [0, 0.1) is 0 Å². The van der Waals surface area contributed by atoms with Crippen molar-refractivity contribution < 1.29 is 5.11 Å². The van der Waals surface area contributed by atoms with Gasteiger partial charge >= 0.3 is 0 Å². The summed E-state index contributed by atoms with van der Waals surface area (Å²) in [5.74, 6) is 0.359. The Labute approximate surface area is 116 Å². The Bertz CT molecular complexity index is 742. The largest absolute Gasteiger partial charge is 0.384 e. The topological polar surface area (TPSA) is 72.0 Å². The summed E-state index contributed by atoms with van der Waals surface area (Å²) in [6, 6.07) is 16.2. The number of rotatable bonds is 3. The highest BCUT2D eigenvalue weighted by Crippen LogP contribution is 2.23. The third-order valence-corrected chi connectivity index (χ3v) is 3.24. The summed E-state index contributed by atoms with van der Waals surface area (Å²) in [4.78, 5) is 8.44. The van der Waals surface area contributed by atoms with Gasteiger partial charge in [-0.2, -0.15) is 0 Å². The molecule has 0 saturated carbocycles. The SMILES string of the molecule is NCC(O)c1nccc(-c2ccc3ccccc3c2)n1. The molecular weight excluding hydrogens is 250 g/mol. The standard InChI is InChI=1S/C16H15N3O/c17-10-15(20)16-18-8-7-14(19-16)13-6-5-11-3-1-2-4-12(11)9-13/h1-9,15,20H,10,17H2. The van der Waals surface area contributed by atoms with E-state index in [1.54, 1.807) is 6.20 Å². The number of aliphatic hydroxyl groups is 1. The molecule has 4 nitrogen and oxygen atoms in total. The molecule has 20 heavy (non-hydrogen) atoms. The van der Waals surface area contributed by atoms with E-state index in [4.69, 9.17) is 5.73 Å². The van der Waals surface area contributed by atoms with Gasteiger partial charge in [0.1, 0.15) is 6.10 Å². The second kappa shape index (κ2) is 5.36. The molecule has 1 aromatic heterocycles. The van der Waals surface area contributed by atoms with E-state index in [0.717, 1.165) is 16.6 Å². The van der Waals surface area contributed by atoms with E-state index in [9.17, 15) is 5.11 Å². The van der Waals surface area contributed by atoms with E-state index in [1.165, 1.54) is 5.39 Å². The molecule has 0 radical (unpaired) electrons. The van der Waals surface area contributed by atoms with E-state index < -0.39 is 6.10 Å². The number of nitrogens with zero attached hydrogens (tertiary/aromatic N) is 2. The predicted octanol–water partition coefficient (Wildman–Crippen LogP) is 2.29. The second-order valence-corrected chi connectivity index (χ2v) is 4.61. The van der Waals surface area contributed by atoms with Gasteiger partial charge in [-0.1, -0.05) is 36.4 Å². The van der Waals surface area contributed by atoms with E-state index in [1.807, 2.05) is 24.3 Å². The van der Waals surface area contributed by atoms with Gasteiger partial charge in [-0.05, 0) is 22.9 Å². The minimum absolute atomic E-state index is 0.112. The summed E-state index contributed by atoms with van der Waals surface area (Å²) >= 11 is 0. The number of aliphatic hydroxyl groups excluding tert-OH is 1. The van der Waals surface area contributed by atoms with Gasteiger partial charge in [-0.25, -0.2) is 9.97 Å². The van der Waals surface area contributed by atoms with Crippen LogP contribution in [0.15, 0.2) is 54.7 Å². The first-order chi connectivity index (χ1) is 9.78. The quantitative estimate of drug-likeness (QED) is 0.762. The number of benzene rings is 2. The van der Waals surface area contributed by atoms with Crippen LogP contribution < -0.4 is 5.73 Å². The van der Waals surface area contributed by atoms with Gasteiger partial charge in [-0.3, -0.25) is 0 Å². The van der Waals surface area contributed by atoms with Crippen molar-refractivity contribution >= 4 is 10.8 Å². The Morgan fingerprint density at radius 2 is 1.85 bits per heavy atom. The highest BCUT2D eigenvalue weighted by atomic mass is 16.3. The summed E-state index contributed by atoms with van der Waals surface area (Å²) in [5.41, 5.74) is 7.22. The maximum absolute atomic E-state index is 9.72. The Kier molecular flexibility index (Phi) is 3.41. The molecule has 0 aliphatic carbocycles. The molecule has 3 aromatic rings. The first kappa shape index (κ1) is 12.7. The average molecular weight is 265 g/mol. The third kappa shape index (κ3) is 2.39. The van der Waals surface area contributed by atoms with Crippen molar-refractivity contribution in [1.29, 1.82) is 0 Å². The highest BCUT2D eigenvalue weighted by molar-refractivity contribution is 5.86. The lowest BCUT2D eigenvalue weighted by Crippen LogP contribution is -2.14. The fraction of sp³-hybridized carbons (Fsp3) is 0.125. The lowest BCUT2D eigenvalue weighted by Gasteiger charge is -2.08. The normalized spacial score (nSPS) is 12.5. The highest BCUT2D eigenvalue weighted by Gasteiger charge is 2.10. The Balaban J connectivity index is 2.06. The van der Waals surface area contributed by atoms with Crippen molar-refractivity contribution in [3.8, 4) is 11.3 Å². The smallest absolute Gasteiger partial charge is 0.158 e. The number of aromatic nitrogens is 2. The molecule has 0 aliphatic rings. The molecule has 2 aromatic carbocycles. The van der Waals surface area contributed by atoms with Crippen molar-refractivity contribution in [3.05, 3.63) is 60.6 Å². The van der Waals surface area contributed by atoms with Crippen molar-refractivity contribution in [2.45, 2.75) is 6.10 Å². The average Bonchev–Trinajstić information content (AvgIpc) is 2.53. The molecule has 3 N–H and O–H groups in total. The van der Waals surface area contributed by atoms with Gasteiger partial charge in [0.05, 0.1) is 5.69 Å². The number of nitrogens with two attached hydrogens (primary N) is 1. The molecule has 4 heteroatoms. The lowest BCUT2D eigenvalue weighted by atomic mass is 10.0. The second-order valence-electron chi connectivity index (χ2n) is 4.61. The molecule has 0 aliphatic heterocycles. The van der Waals surface area contributed by atoms with E-state index in [2.05, 4.69) is 34.2 Å². The minimum atomic E-state index is -0.824. The molecule has 0 fully saturated rings. The van der Waals surface area contributed by atoms with Crippen LogP contribution in [0.25, 0.3) is 22.0 Å². The molecular formula is C16H15N3O. The maximum atomic E-state index is 9.72. The van der Waals surface area contributed by atoms with Crippen LogP contribution in [0.4, 0.5) is 0 Å². The molecule has 3 rings (SSSR count). The Morgan fingerprint density at radius 3 is 2.65 bits per heavy atom. The fourth-order valence-electron chi connectivity index (χ4n) is 2.15. The van der Waals surface area contributed by atoms with Crippen molar-refractivity contribution in [2.75, 3.05) is 6.54 Å². The molecule has 0 bridgehead atoms. The summed E-state index contributed by atoms with van der Waals surface area (Å²) in [6.07, 6.45) is 0.821. The van der Waals surface area contributed by atoms with Gasteiger partial charge in [0.2, 0.25) is 0 Å². The summed E-state index contributed by atoms with van der Waals surface area (Å²) in [6.45, 7) is 0.112. The molecule has 1 unspecified atom stereocenters. The summed E-state index contributed by atoms with van der Waals surface area (Å²) in [7, 11) is 0. The fourth-order valence-corrected chi connectivity index (χ4v) is 2.15. The number of hydrogen-bond acceptors (Lipinski definition) is 4. The molecule has 0 amide bonds. The van der Waals surface area contributed by atoms with Crippen molar-refractivity contribution in [3.63, 3.8) is 0 Å². The van der Waals surface area contributed by atoms with Crippen molar-refractivity contribution in [1.82, 2.24) is 9.97 Å². The molecule has 1 atom stereocenters. The zero-order chi connectivity index (χ0) is 13.9. The molecule has 0 spiro atoms. The van der Waals surface area contributed by atoms with Crippen LogP contribution in [0.3, 0.4) is 0 Å². The first-order valence-corrected chi connectivity index (χ1v) is 6.48. The van der Waals surface area contributed by atoms with Crippen LogP contribution in [-0.4, -0.2) is 21.6 Å². The Hall–Kier alpha value is -2.30. The first-order valence-electron chi connectivity index (χ1n) is 6.48. The zero-order valence-electron chi connectivity index (χ0n) is 10.9. The zero-order valence-corrected chi connectivity index (χ0v) is 10.9. The van der Waals surface area contributed by atoms with Gasteiger partial charge in [0.25, 0.3) is 0 Å².